The number of rotatable bonds is 0. The second-order valence-electron chi connectivity index (χ2n) is 3.70. The van der Waals surface area contributed by atoms with Crippen molar-refractivity contribution in [1.82, 2.24) is 5.32 Å². The molecule has 0 radical (unpaired) electrons. The molecule has 0 bridgehead atoms. The van der Waals surface area contributed by atoms with Crippen LogP contribution in [0.15, 0.2) is 0 Å². The molecule has 1 N–H and O–H groups in total. The van der Waals surface area contributed by atoms with E-state index in [1.54, 1.807) is 0 Å². The molecule has 1 aliphatic heterocycles. The van der Waals surface area contributed by atoms with Crippen LogP contribution >= 0.6 is 0 Å². The molecule has 2 unspecified atom stereocenters. The van der Waals surface area contributed by atoms with E-state index < -0.39 is 0 Å². The van der Waals surface area contributed by atoms with Gasteiger partial charge in [0.15, 0.2) is 5.78 Å². The van der Waals surface area contributed by atoms with Crippen LogP contribution in [0, 0.1) is 11.8 Å². The average Bonchev–Trinajstić information content (AvgIpc) is 2.29. The maximum Gasteiger partial charge on any atom is 0.223 e. The summed E-state index contributed by atoms with van der Waals surface area (Å²) >= 11 is 0. The van der Waals surface area contributed by atoms with Crippen LogP contribution in [0.1, 0.15) is 54.4 Å². The monoisotopic (exact) mass is 229 g/mol. The van der Waals surface area contributed by atoms with Crippen molar-refractivity contribution in [3.05, 3.63) is 0 Å². The molecule has 3 nitrogen and oxygen atoms in total. The molecule has 16 heavy (non-hydrogen) atoms. The van der Waals surface area contributed by atoms with Crippen LogP contribution in [0.5, 0.6) is 0 Å². The van der Waals surface area contributed by atoms with Crippen LogP contribution in [-0.4, -0.2) is 18.2 Å². The SMILES string of the molecule is CC.CC.CC1CC(=O)CNC(=O)C(C)C1. The van der Waals surface area contributed by atoms with Gasteiger partial charge in [0, 0.05) is 12.3 Å². The predicted octanol–water partition coefficient (Wildman–Crippen LogP) is 2.79. The minimum atomic E-state index is 0.00917. The second-order valence-corrected chi connectivity index (χ2v) is 3.70. The molecule has 96 valence electrons. The lowest BCUT2D eigenvalue weighted by Crippen LogP contribution is -2.37. The highest BCUT2D eigenvalue weighted by Gasteiger charge is 2.21. The zero-order valence-corrected chi connectivity index (χ0v) is 11.6. The summed E-state index contributed by atoms with van der Waals surface area (Å²) in [4.78, 5) is 22.3. The lowest BCUT2D eigenvalue weighted by molar-refractivity contribution is -0.129. The molecule has 1 fully saturated rings. The van der Waals surface area contributed by atoms with E-state index in [1.165, 1.54) is 0 Å². The molecule has 0 aromatic rings. The molecule has 0 aromatic carbocycles. The van der Waals surface area contributed by atoms with E-state index in [-0.39, 0.29) is 24.2 Å². The Labute approximate surface area is 100.0 Å². The first-order chi connectivity index (χ1) is 7.59. The highest BCUT2D eigenvalue weighted by molar-refractivity contribution is 5.87. The molecule has 1 rings (SSSR count). The van der Waals surface area contributed by atoms with E-state index in [0.717, 1.165) is 6.42 Å². The molecule has 1 heterocycles. The summed E-state index contributed by atoms with van der Waals surface area (Å²) in [5.41, 5.74) is 0. The Morgan fingerprint density at radius 3 is 2.06 bits per heavy atom. The Balaban J connectivity index is 0. The number of amides is 1. The Morgan fingerprint density at radius 2 is 1.56 bits per heavy atom. The lowest BCUT2D eigenvalue weighted by Gasteiger charge is -2.19. The van der Waals surface area contributed by atoms with E-state index in [1.807, 2.05) is 41.5 Å². The predicted molar refractivity (Wildman–Crippen MR) is 68.3 cm³/mol. The summed E-state index contributed by atoms with van der Waals surface area (Å²) in [6.07, 6.45) is 1.42. The fourth-order valence-corrected chi connectivity index (χ4v) is 1.61. The molecular weight excluding hydrogens is 202 g/mol. The minimum Gasteiger partial charge on any atom is -0.349 e. The van der Waals surface area contributed by atoms with Crippen LogP contribution < -0.4 is 5.32 Å². The second kappa shape index (κ2) is 10.7. The maximum absolute atomic E-state index is 11.2. The normalized spacial score (nSPS) is 24.9. The zero-order chi connectivity index (χ0) is 13.1. The third-order valence-electron chi connectivity index (χ3n) is 2.24. The van der Waals surface area contributed by atoms with Gasteiger partial charge in [-0.3, -0.25) is 9.59 Å². The fraction of sp³-hybridized carbons (Fsp3) is 0.846. The fourth-order valence-electron chi connectivity index (χ4n) is 1.61. The van der Waals surface area contributed by atoms with Crippen LogP contribution in [0.3, 0.4) is 0 Å². The van der Waals surface area contributed by atoms with Crippen molar-refractivity contribution in [2.45, 2.75) is 54.4 Å². The molecule has 0 aliphatic carbocycles. The standard InChI is InChI=1S/C9H15NO2.2C2H6/c1-6-3-7(2)9(12)10-5-8(11)4-6;2*1-2/h6-7H,3-5H2,1-2H3,(H,10,12);2*1-2H3. The van der Waals surface area contributed by atoms with Gasteiger partial charge >= 0.3 is 0 Å². The number of nitrogens with one attached hydrogen (secondary N) is 1. The third-order valence-corrected chi connectivity index (χ3v) is 2.24. The first kappa shape index (κ1) is 17.5. The maximum atomic E-state index is 11.2. The number of carbonyl (C=O) groups is 2. The van der Waals surface area contributed by atoms with Crippen molar-refractivity contribution >= 4 is 11.7 Å². The van der Waals surface area contributed by atoms with Gasteiger partial charge in [-0.05, 0) is 12.3 Å². The van der Waals surface area contributed by atoms with Gasteiger partial charge in [0.2, 0.25) is 5.91 Å². The summed E-state index contributed by atoms with van der Waals surface area (Å²) in [6.45, 7) is 12.1. The Morgan fingerprint density at radius 1 is 1.06 bits per heavy atom. The number of hydrogen-bond donors (Lipinski definition) is 1. The molecule has 0 aromatic heterocycles. The van der Waals surface area contributed by atoms with Crippen molar-refractivity contribution in [2.75, 3.05) is 6.54 Å². The quantitative estimate of drug-likeness (QED) is 0.694. The molecule has 1 amide bonds. The molecule has 0 saturated carbocycles. The van der Waals surface area contributed by atoms with E-state index in [9.17, 15) is 9.59 Å². The van der Waals surface area contributed by atoms with Crippen LogP contribution in [0.4, 0.5) is 0 Å². The first-order valence-electron chi connectivity index (χ1n) is 6.39. The van der Waals surface area contributed by atoms with E-state index >= 15 is 0 Å². The van der Waals surface area contributed by atoms with Crippen molar-refractivity contribution in [3.63, 3.8) is 0 Å². The molecular formula is C13H27NO2. The molecule has 2 atom stereocenters. The van der Waals surface area contributed by atoms with Gasteiger partial charge in [-0.15, -0.1) is 0 Å². The van der Waals surface area contributed by atoms with Crippen LogP contribution in [0.25, 0.3) is 0 Å². The first-order valence-corrected chi connectivity index (χ1v) is 6.39. The molecule has 1 aliphatic rings. The van der Waals surface area contributed by atoms with E-state index in [0.29, 0.717) is 12.3 Å². The molecule has 1 saturated heterocycles. The minimum absolute atomic E-state index is 0.00917. The van der Waals surface area contributed by atoms with Crippen molar-refractivity contribution in [3.8, 4) is 0 Å². The van der Waals surface area contributed by atoms with E-state index in [4.69, 9.17) is 0 Å². The Kier molecular flexibility index (Phi) is 11.7. The van der Waals surface area contributed by atoms with Crippen molar-refractivity contribution < 1.29 is 9.59 Å². The number of carbonyl (C=O) groups excluding carboxylic acids is 2. The van der Waals surface area contributed by atoms with Gasteiger partial charge in [-0.2, -0.15) is 0 Å². The summed E-state index contributed by atoms with van der Waals surface area (Å²) < 4.78 is 0. The lowest BCUT2D eigenvalue weighted by atomic mass is 9.91. The number of Topliss-reactive ketones (excluding diaryl/α,β-unsaturated/α-hetero) is 1. The topological polar surface area (TPSA) is 46.2 Å². The average molecular weight is 229 g/mol. The van der Waals surface area contributed by atoms with Gasteiger partial charge < -0.3 is 5.32 Å². The highest BCUT2D eigenvalue weighted by Crippen LogP contribution is 2.17. The smallest absolute Gasteiger partial charge is 0.223 e. The van der Waals surface area contributed by atoms with Crippen LogP contribution in [-0.2, 0) is 9.59 Å². The summed E-state index contributed by atoms with van der Waals surface area (Å²) in [7, 11) is 0. The molecule has 0 spiro atoms. The van der Waals surface area contributed by atoms with Gasteiger partial charge in [0.05, 0.1) is 6.54 Å². The zero-order valence-electron chi connectivity index (χ0n) is 11.6. The van der Waals surface area contributed by atoms with Crippen molar-refractivity contribution in [2.24, 2.45) is 11.8 Å². The summed E-state index contributed by atoms with van der Waals surface area (Å²) in [6, 6.07) is 0. The third kappa shape index (κ3) is 7.43. The Bertz CT molecular complexity index is 202. The highest BCUT2D eigenvalue weighted by atomic mass is 16.2. The summed E-state index contributed by atoms with van der Waals surface area (Å²) in [5.74, 6) is 0.546. The Hall–Kier alpha value is -0.860. The van der Waals surface area contributed by atoms with Gasteiger partial charge in [-0.25, -0.2) is 0 Å². The van der Waals surface area contributed by atoms with Crippen molar-refractivity contribution in [1.29, 1.82) is 0 Å². The molecule has 3 heteroatoms. The largest absolute Gasteiger partial charge is 0.349 e. The number of ketones is 1. The van der Waals surface area contributed by atoms with Gasteiger partial charge in [-0.1, -0.05) is 41.5 Å². The van der Waals surface area contributed by atoms with Crippen LogP contribution in [0.2, 0.25) is 0 Å². The van der Waals surface area contributed by atoms with E-state index in [2.05, 4.69) is 5.32 Å². The summed E-state index contributed by atoms with van der Waals surface area (Å²) in [5, 5.41) is 2.62. The number of hydrogen-bond acceptors (Lipinski definition) is 2. The van der Waals surface area contributed by atoms with Gasteiger partial charge in [0.25, 0.3) is 0 Å². The van der Waals surface area contributed by atoms with Gasteiger partial charge in [0.1, 0.15) is 0 Å².